The standard InChI is InChI=1S/C24H22N2O5/c1-31-24(28)22(25-23(27)16-18-6-5-9-21(14-18)26(29)30)15-17-10-12-20(13-11-17)19-7-3-2-4-8-19/h2-14,22H,15-16H2,1H3,(H,25,27)/t22-/m0/s1. The molecular weight excluding hydrogens is 396 g/mol. The fraction of sp³-hybridized carbons (Fsp3) is 0.167. The van der Waals surface area contributed by atoms with E-state index < -0.39 is 22.8 Å². The van der Waals surface area contributed by atoms with Crippen molar-refractivity contribution in [3.8, 4) is 11.1 Å². The summed E-state index contributed by atoms with van der Waals surface area (Å²) in [6.45, 7) is 0. The van der Waals surface area contributed by atoms with E-state index in [4.69, 9.17) is 4.74 Å². The lowest BCUT2D eigenvalue weighted by molar-refractivity contribution is -0.384. The van der Waals surface area contributed by atoms with E-state index in [0.29, 0.717) is 5.56 Å². The maximum absolute atomic E-state index is 12.5. The van der Waals surface area contributed by atoms with Gasteiger partial charge >= 0.3 is 5.97 Å². The number of carbonyl (C=O) groups is 2. The minimum absolute atomic E-state index is 0.0812. The van der Waals surface area contributed by atoms with Gasteiger partial charge in [0.15, 0.2) is 0 Å². The molecule has 0 aromatic heterocycles. The van der Waals surface area contributed by atoms with Gasteiger partial charge in [0.05, 0.1) is 18.5 Å². The van der Waals surface area contributed by atoms with Crippen molar-refractivity contribution < 1.29 is 19.2 Å². The number of non-ortho nitro benzene ring substituents is 1. The van der Waals surface area contributed by atoms with Gasteiger partial charge in [-0.05, 0) is 22.3 Å². The van der Waals surface area contributed by atoms with E-state index in [1.807, 2.05) is 54.6 Å². The van der Waals surface area contributed by atoms with Crippen molar-refractivity contribution in [2.24, 2.45) is 0 Å². The largest absolute Gasteiger partial charge is 0.467 e. The molecule has 0 spiro atoms. The maximum atomic E-state index is 12.5. The molecule has 0 aliphatic carbocycles. The number of carbonyl (C=O) groups excluding carboxylic acids is 2. The Labute approximate surface area is 179 Å². The zero-order valence-corrected chi connectivity index (χ0v) is 17.0. The minimum Gasteiger partial charge on any atom is -0.467 e. The van der Waals surface area contributed by atoms with Crippen LogP contribution >= 0.6 is 0 Å². The van der Waals surface area contributed by atoms with E-state index in [-0.39, 0.29) is 18.5 Å². The molecule has 0 saturated carbocycles. The average molecular weight is 418 g/mol. The second-order valence-corrected chi connectivity index (χ2v) is 7.01. The van der Waals surface area contributed by atoms with Crippen LogP contribution in [0.25, 0.3) is 11.1 Å². The van der Waals surface area contributed by atoms with Crippen molar-refractivity contribution in [2.75, 3.05) is 7.11 Å². The summed E-state index contributed by atoms with van der Waals surface area (Å²) in [5, 5.41) is 13.6. The lowest BCUT2D eigenvalue weighted by Gasteiger charge is -2.17. The SMILES string of the molecule is COC(=O)[C@H](Cc1ccc(-c2ccccc2)cc1)NC(=O)Cc1cccc([N+](=O)[O-])c1. The number of nitrogens with zero attached hydrogens (tertiary/aromatic N) is 1. The highest BCUT2D eigenvalue weighted by Gasteiger charge is 2.22. The van der Waals surface area contributed by atoms with Crippen molar-refractivity contribution in [2.45, 2.75) is 18.9 Å². The Morgan fingerprint density at radius 1 is 0.935 bits per heavy atom. The van der Waals surface area contributed by atoms with Crippen molar-refractivity contribution in [1.82, 2.24) is 5.32 Å². The molecule has 0 heterocycles. The second-order valence-electron chi connectivity index (χ2n) is 7.01. The number of ether oxygens (including phenoxy) is 1. The molecule has 0 bridgehead atoms. The van der Waals surface area contributed by atoms with Gasteiger partial charge in [-0.2, -0.15) is 0 Å². The van der Waals surface area contributed by atoms with Crippen molar-refractivity contribution >= 4 is 17.6 Å². The predicted molar refractivity (Wildman–Crippen MR) is 116 cm³/mol. The highest BCUT2D eigenvalue weighted by Crippen LogP contribution is 2.20. The molecule has 7 nitrogen and oxygen atoms in total. The van der Waals surface area contributed by atoms with Gasteiger partial charge in [-0.1, -0.05) is 66.7 Å². The van der Waals surface area contributed by atoms with Gasteiger partial charge in [0, 0.05) is 18.6 Å². The molecule has 1 atom stereocenters. The summed E-state index contributed by atoms with van der Waals surface area (Å²) in [7, 11) is 1.26. The summed E-state index contributed by atoms with van der Waals surface area (Å²) in [5.41, 5.74) is 3.40. The molecule has 0 aliphatic heterocycles. The van der Waals surface area contributed by atoms with Crippen LogP contribution in [0.1, 0.15) is 11.1 Å². The highest BCUT2D eigenvalue weighted by molar-refractivity contribution is 5.86. The molecule has 31 heavy (non-hydrogen) atoms. The Hall–Kier alpha value is -4.00. The fourth-order valence-electron chi connectivity index (χ4n) is 3.25. The molecule has 0 aliphatic rings. The molecule has 1 N–H and O–H groups in total. The Balaban J connectivity index is 1.68. The monoisotopic (exact) mass is 418 g/mol. The maximum Gasteiger partial charge on any atom is 0.328 e. The number of nitro groups is 1. The number of hydrogen-bond acceptors (Lipinski definition) is 5. The number of nitrogens with one attached hydrogen (secondary N) is 1. The topological polar surface area (TPSA) is 98.5 Å². The van der Waals surface area contributed by atoms with Crippen LogP contribution < -0.4 is 5.32 Å². The first kappa shape index (κ1) is 21.7. The molecule has 0 radical (unpaired) electrons. The van der Waals surface area contributed by atoms with Crippen LogP contribution in [-0.4, -0.2) is 30.0 Å². The first-order valence-corrected chi connectivity index (χ1v) is 9.71. The summed E-state index contributed by atoms with van der Waals surface area (Å²) < 4.78 is 4.84. The lowest BCUT2D eigenvalue weighted by Crippen LogP contribution is -2.43. The molecule has 1 amide bonds. The van der Waals surface area contributed by atoms with Crippen LogP contribution in [0.15, 0.2) is 78.9 Å². The molecule has 158 valence electrons. The van der Waals surface area contributed by atoms with E-state index in [1.165, 1.54) is 25.3 Å². The molecule has 0 saturated heterocycles. The van der Waals surface area contributed by atoms with Gasteiger partial charge in [0.1, 0.15) is 6.04 Å². The van der Waals surface area contributed by atoms with Gasteiger partial charge in [-0.15, -0.1) is 0 Å². The number of rotatable bonds is 8. The Morgan fingerprint density at radius 2 is 1.61 bits per heavy atom. The fourth-order valence-corrected chi connectivity index (χ4v) is 3.25. The summed E-state index contributed by atoms with van der Waals surface area (Å²) in [6.07, 6.45) is 0.185. The van der Waals surface area contributed by atoms with Crippen LogP contribution in [0.5, 0.6) is 0 Å². The Bertz CT molecular complexity index is 1060. The van der Waals surface area contributed by atoms with Crippen LogP contribution in [0.3, 0.4) is 0 Å². The Kier molecular flexibility index (Phi) is 7.11. The van der Waals surface area contributed by atoms with E-state index >= 15 is 0 Å². The first-order valence-electron chi connectivity index (χ1n) is 9.71. The van der Waals surface area contributed by atoms with Crippen LogP contribution in [0.4, 0.5) is 5.69 Å². The number of benzene rings is 3. The first-order chi connectivity index (χ1) is 15.0. The molecule has 0 fully saturated rings. The molecule has 3 aromatic rings. The van der Waals surface area contributed by atoms with Crippen LogP contribution in [-0.2, 0) is 27.2 Å². The molecule has 7 heteroatoms. The number of nitro benzene ring substituents is 1. The van der Waals surface area contributed by atoms with E-state index in [2.05, 4.69) is 5.32 Å². The predicted octanol–water partition coefficient (Wildman–Crippen LogP) is 3.70. The molecule has 3 aromatic carbocycles. The normalized spacial score (nSPS) is 11.4. The van der Waals surface area contributed by atoms with Gasteiger partial charge < -0.3 is 10.1 Å². The van der Waals surface area contributed by atoms with E-state index in [1.54, 1.807) is 6.07 Å². The van der Waals surface area contributed by atoms with Gasteiger partial charge in [-0.25, -0.2) is 4.79 Å². The molecule has 3 rings (SSSR count). The second kappa shape index (κ2) is 10.2. The third kappa shape index (κ3) is 5.99. The minimum atomic E-state index is -0.862. The third-order valence-corrected chi connectivity index (χ3v) is 4.81. The van der Waals surface area contributed by atoms with Gasteiger partial charge in [0.2, 0.25) is 5.91 Å². The smallest absolute Gasteiger partial charge is 0.328 e. The van der Waals surface area contributed by atoms with Gasteiger partial charge in [0.25, 0.3) is 5.69 Å². The zero-order chi connectivity index (χ0) is 22.2. The van der Waals surface area contributed by atoms with E-state index in [9.17, 15) is 19.7 Å². The van der Waals surface area contributed by atoms with Crippen molar-refractivity contribution in [3.63, 3.8) is 0 Å². The van der Waals surface area contributed by atoms with Gasteiger partial charge in [-0.3, -0.25) is 14.9 Å². The summed E-state index contributed by atoms with van der Waals surface area (Å²) >= 11 is 0. The van der Waals surface area contributed by atoms with Crippen molar-refractivity contribution in [3.05, 3.63) is 100 Å². The summed E-state index contributed by atoms with van der Waals surface area (Å²) in [4.78, 5) is 35.1. The molecular formula is C24H22N2O5. The number of esters is 1. The lowest BCUT2D eigenvalue weighted by atomic mass is 10.0. The zero-order valence-electron chi connectivity index (χ0n) is 17.0. The average Bonchev–Trinajstić information content (AvgIpc) is 2.79. The van der Waals surface area contributed by atoms with Crippen LogP contribution in [0, 0.1) is 10.1 Å². The van der Waals surface area contributed by atoms with Crippen LogP contribution in [0.2, 0.25) is 0 Å². The number of methoxy groups -OCH3 is 1. The van der Waals surface area contributed by atoms with E-state index in [0.717, 1.165) is 16.7 Å². The summed E-state index contributed by atoms with van der Waals surface area (Å²) in [5.74, 6) is -0.976. The number of amides is 1. The number of hydrogen-bond donors (Lipinski definition) is 1. The highest BCUT2D eigenvalue weighted by atomic mass is 16.6. The van der Waals surface area contributed by atoms with Crippen molar-refractivity contribution in [1.29, 1.82) is 0 Å². The quantitative estimate of drug-likeness (QED) is 0.342. The summed E-state index contributed by atoms with van der Waals surface area (Å²) in [6, 6.07) is 22.6. The Morgan fingerprint density at radius 3 is 2.26 bits per heavy atom. The third-order valence-electron chi connectivity index (χ3n) is 4.81. The molecule has 0 unspecified atom stereocenters.